The molecule has 0 spiro atoms. The van der Waals surface area contributed by atoms with Gasteiger partial charge in [-0.15, -0.1) is 0 Å². The molecule has 1 aromatic heterocycles. The Hall–Kier alpha value is -2.85. The summed E-state index contributed by atoms with van der Waals surface area (Å²) < 4.78 is 38.5. The van der Waals surface area contributed by atoms with Crippen LogP contribution in [0.4, 0.5) is 30.4 Å². The van der Waals surface area contributed by atoms with E-state index in [1.165, 1.54) is 4.90 Å². The highest BCUT2D eigenvalue weighted by Crippen LogP contribution is 2.32. The first-order valence-electron chi connectivity index (χ1n) is 9.78. The Morgan fingerprint density at radius 3 is 2.61 bits per heavy atom. The monoisotopic (exact) mass is 455 g/mol. The highest BCUT2D eigenvalue weighted by atomic mass is 35.5. The quantitative estimate of drug-likeness (QED) is 0.721. The fourth-order valence-corrected chi connectivity index (χ4v) is 4.15. The van der Waals surface area contributed by atoms with Gasteiger partial charge in [-0.2, -0.15) is 13.2 Å². The average Bonchev–Trinajstić information content (AvgIpc) is 2.73. The van der Waals surface area contributed by atoms with E-state index < -0.39 is 11.7 Å². The summed E-state index contributed by atoms with van der Waals surface area (Å²) in [6.07, 6.45) is -3.56. The van der Waals surface area contributed by atoms with Gasteiger partial charge in [-0.25, -0.2) is 9.88 Å². The zero-order valence-electron chi connectivity index (χ0n) is 16.4. The number of halogens is 4. The second-order valence-electron chi connectivity index (χ2n) is 7.54. The summed E-state index contributed by atoms with van der Waals surface area (Å²) in [5.74, 6) is 0.0471. The number of piperazine rings is 1. The number of quaternary nitrogens is 1. The number of alkyl halides is 3. The second-order valence-corrected chi connectivity index (χ2v) is 7.95. The summed E-state index contributed by atoms with van der Waals surface area (Å²) in [6, 6.07) is 8.06. The molecule has 0 aliphatic carbocycles. The molecule has 3 N–H and O–H groups in total. The number of carbonyl (C=O) groups is 2. The molecule has 2 amide bonds. The summed E-state index contributed by atoms with van der Waals surface area (Å²) >= 11 is 6.07. The number of nitrogens with one attached hydrogen (secondary N) is 3. The molecule has 7 nitrogen and oxygen atoms in total. The lowest BCUT2D eigenvalue weighted by molar-refractivity contribution is -0.892. The first-order valence-corrected chi connectivity index (χ1v) is 10.2. The first-order chi connectivity index (χ1) is 14.7. The molecule has 1 saturated heterocycles. The highest BCUT2D eigenvalue weighted by Gasteiger charge is 2.36. The number of amides is 2. The highest BCUT2D eigenvalue weighted by molar-refractivity contribution is 6.32. The van der Waals surface area contributed by atoms with Crippen molar-refractivity contribution in [1.29, 1.82) is 0 Å². The van der Waals surface area contributed by atoms with E-state index >= 15 is 0 Å². The molecule has 2 aliphatic heterocycles. The van der Waals surface area contributed by atoms with Crippen LogP contribution < -0.4 is 25.0 Å². The van der Waals surface area contributed by atoms with Crippen LogP contribution in [0.3, 0.4) is 0 Å². The molecular formula is C20H21ClF3N5O2+2. The van der Waals surface area contributed by atoms with E-state index in [2.05, 4.69) is 10.3 Å². The topological polar surface area (TPSA) is 71.2 Å². The molecular weight excluding hydrogens is 435 g/mol. The van der Waals surface area contributed by atoms with E-state index in [0.29, 0.717) is 43.4 Å². The molecule has 2 aliphatic rings. The number of hydrogen-bond donors (Lipinski definition) is 2. The summed E-state index contributed by atoms with van der Waals surface area (Å²) in [5, 5.41) is 2.76. The van der Waals surface area contributed by atoms with Crippen molar-refractivity contribution in [2.75, 3.05) is 54.4 Å². The predicted molar refractivity (Wildman–Crippen MR) is 108 cm³/mol. The van der Waals surface area contributed by atoms with Crippen molar-refractivity contribution >= 4 is 40.6 Å². The van der Waals surface area contributed by atoms with Crippen LogP contribution in [-0.4, -0.2) is 51.1 Å². The van der Waals surface area contributed by atoms with Gasteiger partial charge in [0.1, 0.15) is 43.9 Å². The largest absolute Gasteiger partial charge is 0.419 e. The summed E-state index contributed by atoms with van der Waals surface area (Å²) in [4.78, 5) is 31.9. The van der Waals surface area contributed by atoms with Gasteiger partial charge in [0.05, 0.1) is 16.9 Å². The number of pyridine rings is 1. The molecule has 1 aromatic carbocycles. The Morgan fingerprint density at radius 1 is 1.23 bits per heavy atom. The summed E-state index contributed by atoms with van der Waals surface area (Å²) in [6.45, 7) is 2.48. The molecule has 2 aromatic rings. The number of aromatic amines is 1. The van der Waals surface area contributed by atoms with E-state index in [4.69, 9.17) is 11.6 Å². The average molecular weight is 456 g/mol. The molecule has 0 saturated carbocycles. The fourth-order valence-electron chi connectivity index (χ4n) is 3.86. The first kappa shape index (κ1) is 21.4. The van der Waals surface area contributed by atoms with Gasteiger partial charge in [0.2, 0.25) is 5.91 Å². The third kappa shape index (κ3) is 4.59. The van der Waals surface area contributed by atoms with Crippen molar-refractivity contribution in [3.63, 3.8) is 0 Å². The van der Waals surface area contributed by atoms with E-state index in [0.717, 1.165) is 17.2 Å². The second kappa shape index (κ2) is 8.35. The van der Waals surface area contributed by atoms with Crippen molar-refractivity contribution < 1.29 is 32.6 Å². The van der Waals surface area contributed by atoms with Crippen LogP contribution in [0.15, 0.2) is 36.5 Å². The SMILES string of the molecule is O=C1CN(C(=O)C[NH+]2CCN(c3[nH+]cc(C(F)(F)F)cc3Cl)CC2)c2ccccc2N1. The summed E-state index contributed by atoms with van der Waals surface area (Å²) in [5.41, 5.74) is 0.456. The number of hydrogen-bond acceptors (Lipinski definition) is 3. The minimum absolute atomic E-state index is 0.00490. The van der Waals surface area contributed by atoms with Crippen LogP contribution in [0.2, 0.25) is 5.02 Å². The van der Waals surface area contributed by atoms with Crippen molar-refractivity contribution in [2.45, 2.75) is 6.18 Å². The van der Waals surface area contributed by atoms with Gasteiger partial charge in [-0.1, -0.05) is 23.7 Å². The minimum atomic E-state index is -4.47. The molecule has 1 fully saturated rings. The maximum atomic E-state index is 12.9. The van der Waals surface area contributed by atoms with Crippen LogP contribution >= 0.6 is 11.6 Å². The van der Waals surface area contributed by atoms with Gasteiger partial charge in [0.25, 0.3) is 11.7 Å². The number of carbonyl (C=O) groups excluding carboxylic acids is 2. The third-order valence-corrected chi connectivity index (χ3v) is 5.75. The van der Waals surface area contributed by atoms with E-state index in [-0.39, 0.29) is 29.9 Å². The minimum Gasteiger partial charge on any atom is -0.323 e. The molecule has 164 valence electrons. The van der Waals surface area contributed by atoms with Crippen LogP contribution in [0.5, 0.6) is 0 Å². The van der Waals surface area contributed by atoms with E-state index in [1.807, 2.05) is 11.0 Å². The van der Waals surface area contributed by atoms with Gasteiger partial charge in [-0.05, 0) is 18.2 Å². The van der Waals surface area contributed by atoms with Crippen molar-refractivity contribution in [1.82, 2.24) is 0 Å². The lowest BCUT2D eigenvalue weighted by atomic mass is 10.2. The third-order valence-electron chi connectivity index (χ3n) is 5.46. The number of aromatic nitrogens is 1. The van der Waals surface area contributed by atoms with Gasteiger partial charge in [-0.3, -0.25) is 14.5 Å². The van der Waals surface area contributed by atoms with Gasteiger partial charge in [0, 0.05) is 0 Å². The number of para-hydroxylation sites is 2. The Kier molecular flexibility index (Phi) is 5.76. The Balaban J connectivity index is 1.38. The number of fused-ring (bicyclic) bond motifs is 1. The fraction of sp³-hybridized carbons (Fsp3) is 0.350. The standard InChI is InChI=1S/C20H19ClF3N5O2/c21-14-9-13(20(22,23)24)10-25-19(14)28-7-5-27(6-8-28)12-18(31)29-11-17(30)26-15-3-1-2-4-16(15)29/h1-4,9-10H,5-8,11-12H2,(H,26,30)/p+2. The molecule has 11 heteroatoms. The number of H-pyrrole nitrogens is 1. The smallest absolute Gasteiger partial charge is 0.323 e. The number of nitrogens with zero attached hydrogens (tertiary/aromatic N) is 2. The molecule has 31 heavy (non-hydrogen) atoms. The zero-order valence-corrected chi connectivity index (χ0v) is 17.2. The molecule has 3 heterocycles. The number of rotatable bonds is 3. The van der Waals surface area contributed by atoms with E-state index in [1.54, 1.807) is 18.2 Å². The maximum absolute atomic E-state index is 12.9. The summed E-state index contributed by atoms with van der Waals surface area (Å²) in [7, 11) is 0. The predicted octanol–water partition coefficient (Wildman–Crippen LogP) is 0.863. The molecule has 0 unspecified atom stereocenters. The van der Waals surface area contributed by atoms with Crippen LogP contribution in [0, 0.1) is 0 Å². The molecule has 0 atom stereocenters. The normalized spacial score (nSPS) is 17.4. The van der Waals surface area contributed by atoms with Crippen molar-refractivity contribution in [3.8, 4) is 0 Å². The zero-order chi connectivity index (χ0) is 22.2. The van der Waals surface area contributed by atoms with Crippen LogP contribution in [0.1, 0.15) is 5.56 Å². The number of benzene rings is 1. The Labute approximate surface area is 181 Å². The van der Waals surface area contributed by atoms with Gasteiger partial charge < -0.3 is 10.2 Å². The molecule has 4 rings (SSSR count). The Bertz CT molecular complexity index is 1010. The van der Waals surface area contributed by atoms with Crippen molar-refractivity contribution in [3.05, 3.63) is 47.1 Å². The Morgan fingerprint density at radius 2 is 1.94 bits per heavy atom. The van der Waals surface area contributed by atoms with Gasteiger partial charge in [0.15, 0.2) is 6.54 Å². The number of anilines is 3. The lowest BCUT2D eigenvalue weighted by Gasteiger charge is -2.32. The van der Waals surface area contributed by atoms with E-state index in [9.17, 15) is 22.8 Å². The molecule has 0 radical (unpaired) electrons. The van der Waals surface area contributed by atoms with Crippen molar-refractivity contribution in [2.24, 2.45) is 0 Å². The molecule has 0 bridgehead atoms. The maximum Gasteiger partial charge on any atom is 0.419 e. The lowest BCUT2D eigenvalue weighted by Crippen LogP contribution is -3.16. The van der Waals surface area contributed by atoms with Crippen LogP contribution in [0.25, 0.3) is 0 Å². The van der Waals surface area contributed by atoms with Crippen LogP contribution in [-0.2, 0) is 15.8 Å². The van der Waals surface area contributed by atoms with Gasteiger partial charge >= 0.3 is 6.18 Å².